The van der Waals surface area contributed by atoms with Crippen molar-refractivity contribution in [3.63, 3.8) is 0 Å². The van der Waals surface area contributed by atoms with Crippen molar-refractivity contribution in [2.75, 3.05) is 20.3 Å². The summed E-state index contributed by atoms with van der Waals surface area (Å²) in [5.74, 6) is 0.855. The van der Waals surface area contributed by atoms with Crippen LogP contribution >= 0.6 is 0 Å². The van der Waals surface area contributed by atoms with Crippen LogP contribution in [0.4, 0.5) is 0 Å². The topological polar surface area (TPSA) is 44.8 Å². The largest absolute Gasteiger partial charge is 0.493 e. The van der Waals surface area contributed by atoms with E-state index in [9.17, 15) is 4.79 Å². The average Bonchev–Trinajstić information content (AvgIpc) is 2.47. The van der Waals surface area contributed by atoms with Gasteiger partial charge >= 0.3 is 5.97 Å². The van der Waals surface area contributed by atoms with E-state index in [0.717, 1.165) is 31.4 Å². The number of rotatable bonds is 9. The molecule has 0 spiro atoms. The van der Waals surface area contributed by atoms with Gasteiger partial charge in [-0.25, -0.2) is 4.79 Å². The summed E-state index contributed by atoms with van der Waals surface area (Å²) in [4.78, 5) is 11.7. The number of ether oxygens (including phenoxy) is 3. The highest BCUT2D eigenvalue weighted by Crippen LogP contribution is 2.26. The van der Waals surface area contributed by atoms with Gasteiger partial charge in [0.2, 0.25) is 0 Å². The minimum absolute atomic E-state index is 0.392. The zero-order valence-corrected chi connectivity index (χ0v) is 12.6. The van der Waals surface area contributed by atoms with E-state index in [1.807, 2.05) is 0 Å². The van der Waals surface area contributed by atoms with Crippen molar-refractivity contribution in [2.45, 2.75) is 39.5 Å². The predicted molar refractivity (Wildman–Crippen MR) is 78.6 cm³/mol. The third-order valence-corrected chi connectivity index (χ3v) is 2.88. The van der Waals surface area contributed by atoms with E-state index in [1.54, 1.807) is 18.2 Å². The molecule has 20 heavy (non-hydrogen) atoms. The van der Waals surface area contributed by atoms with Crippen LogP contribution in [-0.4, -0.2) is 26.3 Å². The second-order valence-electron chi connectivity index (χ2n) is 4.55. The van der Waals surface area contributed by atoms with E-state index in [-0.39, 0.29) is 0 Å². The van der Waals surface area contributed by atoms with Gasteiger partial charge in [0.15, 0.2) is 0 Å². The zero-order valence-electron chi connectivity index (χ0n) is 12.6. The van der Waals surface area contributed by atoms with E-state index in [1.165, 1.54) is 7.11 Å². The lowest BCUT2D eigenvalue weighted by Crippen LogP contribution is -2.07. The fourth-order valence-electron chi connectivity index (χ4n) is 1.65. The minimum atomic E-state index is -0.392. The highest BCUT2D eigenvalue weighted by Gasteiger charge is 2.14. The summed E-state index contributed by atoms with van der Waals surface area (Å²) in [6.07, 6.45) is 4.08. The Labute approximate surface area is 121 Å². The number of unbranched alkanes of at least 4 members (excludes halogenated alkanes) is 2. The first-order valence-electron chi connectivity index (χ1n) is 7.20. The molecule has 1 aromatic rings. The molecular formula is C16H24O4. The minimum Gasteiger partial charge on any atom is -0.493 e. The molecule has 0 aliphatic carbocycles. The smallest absolute Gasteiger partial charge is 0.341 e. The molecule has 0 radical (unpaired) electrons. The maximum atomic E-state index is 11.7. The molecule has 4 heteroatoms. The molecule has 0 aromatic heterocycles. The van der Waals surface area contributed by atoms with Gasteiger partial charge in [0.05, 0.1) is 20.3 Å². The van der Waals surface area contributed by atoms with Crippen LogP contribution in [0.5, 0.6) is 11.5 Å². The van der Waals surface area contributed by atoms with Crippen LogP contribution in [0.2, 0.25) is 0 Å². The zero-order chi connectivity index (χ0) is 14.8. The second-order valence-corrected chi connectivity index (χ2v) is 4.55. The van der Waals surface area contributed by atoms with E-state index in [2.05, 4.69) is 13.8 Å². The normalized spacial score (nSPS) is 10.2. The number of methoxy groups -OCH3 is 1. The molecule has 0 N–H and O–H groups in total. The highest BCUT2D eigenvalue weighted by molar-refractivity contribution is 5.92. The average molecular weight is 280 g/mol. The van der Waals surface area contributed by atoms with Gasteiger partial charge < -0.3 is 14.2 Å². The Bertz CT molecular complexity index is 415. The van der Waals surface area contributed by atoms with Gasteiger partial charge in [0, 0.05) is 6.07 Å². The predicted octanol–water partition coefficient (Wildman–Crippen LogP) is 3.83. The lowest BCUT2D eigenvalue weighted by molar-refractivity contribution is 0.0596. The standard InChI is InChI=1S/C16H24O4/c1-4-6-10-19-13-8-9-14(16(17)18-3)15(12-13)20-11-7-5-2/h8-9,12H,4-7,10-11H2,1-3H3. The molecule has 0 saturated heterocycles. The van der Waals surface area contributed by atoms with Crippen LogP contribution in [0.1, 0.15) is 49.9 Å². The Morgan fingerprint density at radius 1 is 1.05 bits per heavy atom. The van der Waals surface area contributed by atoms with Crippen LogP contribution in [0.3, 0.4) is 0 Å². The molecule has 0 aliphatic rings. The van der Waals surface area contributed by atoms with Gasteiger partial charge in [0.1, 0.15) is 17.1 Å². The first-order chi connectivity index (χ1) is 9.72. The summed E-state index contributed by atoms with van der Waals surface area (Å²) in [5.41, 5.74) is 0.437. The molecule has 1 rings (SSSR count). The fourth-order valence-corrected chi connectivity index (χ4v) is 1.65. The highest BCUT2D eigenvalue weighted by atomic mass is 16.5. The van der Waals surface area contributed by atoms with E-state index < -0.39 is 5.97 Å². The van der Waals surface area contributed by atoms with Crippen molar-refractivity contribution in [1.82, 2.24) is 0 Å². The third kappa shape index (κ3) is 5.11. The summed E-state index contributed by atoms with van der Waals surface area (Å²) in [5, 5.41) is 0. The number of carbonyl (C=O) groups excluding carboxylic acids is 1. The monoisotopic (exact) mass is 280 g/mol. The van der Waals surface area contributed by atoms with Gasteiger partial charge in [-0.05, 0) is 25.0 Å². The Balaban J connectivity index is 2.81. The molecule has 0 fully saturated rings. The van der Waals surface area contributed by atoms with Crippen molar-refractivity contribution < 1.29 is 19.0 Å². The maximum absolute atomic E-state index is 11.7. The Hall–Kier alpha value is -1.71. The molecule has 0 atom stereocenters. The summed E-state index contributed by atoms with van der Waals surface area (Å²) in [7, 11) is 1.36. The van der Waals surface area contributed by atoms with E-state index in [0.29, 0.717) is 24.5 Å². The van der Waals surface area contributed by atoms with Gasteiger partial charge in [0.25, 0.3) is 0 Å². The Kier molecular flexibility index (Phi) is 7.55. The first kappa shape index (κ1) is 16.3. The van der Waals surface area contributed by atoms with Crippen molar-refractivity contribution >= 4 is 5.97 Å². The summed E-state index contributed by atoms with van der Waals surface area (Å²) < 4.78 is 16.1. The van der Waals surface area contributed by atoms with Gasteiger partial charge in [-0.3, -0.25) is 0 Å². The van der Waals surface area contributed by atoms with Gasteiger partial charge in [-0.15, -0.1) is 0 Å². The quantitative estimate of drug-likeness (QED) is 0.509. The van der Waals surface area contributed by atoms with E-state index >= 15 is 0 Å². The van der Waals surface area contributed by atoms with Crippen LogP contribution in [-0.2, 0) is 4.74 Å². The number of hydrogen-bond donors (Lipinski definition) is 0. The molecular weight excluding hydrogens is 256 g/mol. The van der Waals surface area contributed by atoms with Crippen molar-refractivity contribution in [2.24, 2.45) is 0 Å². The van der Waals surface area contributed by atoms with Gasteiger partial charge in [-0.1, -0.05) is 26.7 Å². The number of carbonyl (C=O) groups is 1. The Morgan fingerprint density at radius 3 is 2.30 bits per heavy atom. The van der Waals surface area contributed by atoms with Crippen molar-refractivity contribution in [3.8, 4) is 11.5 Å². The maximum Gasteiger partial charge on any atom is 0.341 e. The number of esters is 1. The summed E-state index contributed by atoms with van der Waals surface area (Å²) in [6.45, 7) is 5.46. The Morgan fingerprint density at radius 2 is 1.70 bits per heavy atom. The van der Waals surface area contributed by atoms with Crippen molar-refractivity contribution in [3.05, 3.63) is 23.8 Å². The number of hydrogen-bond acceptors (Lipinski definition) is 4. The molecule has 0 aliphatic heterocycles. The van der Waals surface area contributed by atoms with Crippen LogP contribution < -0.4 is 9.47 Å². The van der Waals surface area contributed by atoms with Gasteiger partial charge in [-0.2, -0.15) is 0 Å². The molecule has 0 heterocycles. The second kappa shape index (κ2) is 9.23. The molecule has 4 nitrogen and oxygen atoms in total. The summed E-state index contributed by atoms with van der Waals surface area (Å²) >= 11 is 0. The molecule has 0 saturated carbocycles. The number of benzene rings is 1. The molecule has 1 aromatic carbocycles. The van der Waals surface area contributed by atoms with Crippen molar-refractivity contribution in [1.29, 1.82) is 0 Å². The lowest BCUT2D eigenvalue weighted by atomic mass is 10.2. The SMILES string of the molecule is CCCCOc1ccc(C(=O)OC)c(OCCCC)c1. The lowest BCUT2D eigenvalue weighted by Gasteiger charge is -2.12. The molecule has 0 unspecified atom stereocenters. The van der Waals surface area contributed by atoms with E-state index in [4.69, 9.17) is 14.2 Å². The van der Waals surface area contributed by atoms with Crippen LogP contribution in [0.15, 0.2) is 18.2 Å². The first-order valence-corrected chi connectivity index (χ1v) is 7.20. The third-order valence-electron chi connectivity index (χ3n) is 2.88. The molecule has 0 bridgehead atoms. The summed E-state index contributed by atoms with van der Waals surface area (Å²) in [6, 6.07) is 5.22. The fraction of sp³-hybridized carbons (Fsp3) is 0.562. The molecule has 112 valence electrons. The van der Waals surface area contributed by atoms with Crippen LogP contribution in [0, 0.1) is 0 Å². The molecule has 0 amide bonds. The van der Waals surface area contributed by atoms with Crippen LogP contribution in [0.25, 0.3) is 0 Å².